The van der Waals surface area contributed by atoms with Crippen molar-refractivity contribution in [2.45, 2.75) is 6.18 Å². The molecule has 10 heteroatoms. The van der Waals surface area contributed by atoms with Gasteiger partial charge < -0.3 is 9.47 Å². The monoisotopic (exact) mass is 438 g/mol. The topological polar surface area (TPSA) is 70.4 Å². The normalized spacial score (nSPS) is 11.3. The van der Waals surface area contributed by atoms with Gasteiger partial charge in [-0.3, -0.25) is 0 Å². The summed E-state index contributed by atoms with van der Waals surface area (Å²) in [5.74, 6) is -1.91. The van der Waals surface area contributed by atoms with Gasteiger partial charge in [-0.05, 0) is 30.3 Å². The van der Waals surface area contributed by atoms with Crippen LogP contribution in [0.3, 0.4) is 0 Å². The maximum Gasteiger partial charge on any atom is 0.416 e. The Kier molecular flexibility index (Phi) is 5.84. The summed E-state index contributed by atoms with van der Waals surface area (Å²) >= 11 is 6.14. The van der Waals surface area contributed by atoms with E-state index in [2.05, 4.69) is 5.10 Å². The molecule has 1 aromatic heterocycles. The van der Waals surface area contributed by atoms with Gasteiger partial charge in [-0.15, -0.1) is 0 Å². The quantitative estimate of drug-likeness (QED) is 0.548. The van der Waals surface area contributed by atoms with Crippen molar-refractivity contribution in [3.8, 4) is 16.9 Å². The Hall–Kier alpha value is -3.33. The minimum absolute atomic E-state index is 0.0951. The number of nitrogens with zero attached hydrogens (tertiary/aromatic N) is 2. The number of methoxy groups -OCH3 is 2. The van der Waals surface area contributed by atoms with E-state index < -0.39 is 23.7 Å². The Bertz CT molecular complexity index is 1110. The summed E-state index contributed by atoms with van der Waals surface area (Å²) in [6.45, 7) is 0. The SMILES string of the molecule is COC(=O)c1c(-c2cc(C(F)(F)F)ccc2Cl)nn(-c2ccccc2)c1C(=O)OC. The van der Waals surface area contributed by atoms with Crippen LogP contribution < -0.4 is 0 Å². The van der Waals surface area contributed by atoms with Gasteiger partial charge in [0.2, 0.25) is 0 Å². The molecule has 0 N–H and O–H groups in total. The lowest BCUT2D eigenvalue weighted by atomic mass is 10.0. The minimum atomic E-state index is -4.65. The van der Waals surface area contributed by atoms with E-state index in [1.54, 1.807) is 30.3 Å². The predicted octanol–water partition coefficient (Wildman–Crippen LogP) is 4.78. The van der Waals surface area contributed by atoms with Crippen LogP contribution in [0.2, 0.25) is 5.02 Å². The fourth-order valence-electron chi connectivity index (χ4n) is 2.83. The van der Waals surface area contributed by atoms with E-state index in [-0.39, 0.29) is 27.5 Å². The molecule has 0 saturated carbocycles. The first-order valence-electron chi connectivity index (χ1n) is 8.41. The highest BCUT2D eigenvalue weighted by Crippen LogP contribution is 2.38. The van der Waals surface area contributed by atoms with Crippen LogP contribution in [0.5, 0.6) is 0 Å². The molecule has 30 heavy (non-hydrogen) atoms. The molecule has 6 nitrogen and oxygen atoms in total. The van der Waals surface area contributed by atoms with Crippen LogP contribution in [-0.4, -0.2) is 35.9 Å². The lowest BCUT2D eigenvalue weighted by Crippen LogP contribution is -2.15. The summed E-state index contributed by atoms with van der Waals surface area (Å²) in [4.78, 5) is 25.0. The molecule has 0 fully saturated rings. The molecule has 0 spiro atoms. The largest absolute Gasteiger partial charge is 0.465 e. The first kappa shape index (κ1) is 21.4. The summed E-state index contributed by atoms with van der Waals surface area (Å²) in [5, 5.41) is 4.14. The van der Waals surface area contributed by atoms with Crippen LogP contribution in [0, 0.1) is 0 Å². The molecule has 156 valence electrons. The lowest BCUT2D eigenvalue weighted by molar-refractivity contribution is -0.137. The van der Waals surface area contributed by atoms with Crippen LogP contribution in [0.4, 0.5) is 13.2 Å². The Morgan fingerprint density at radius 2 is 1.63 bits per heavy atom. The van der Waals surface area contributed by atoms with E-state index in [9.17, 15) is 22.8 Å². The van der Waals surface area contributed by atoms with Crippen molar-refractivity contribution in [2.75, 3.05) is 14.2 Å². The van der Waals surface area contributed by atoms with Gasteiger partial charge in [-0.2, -0.15) is 18.3 Å². The van der Waals surface area contributed by atoms with Gasteiger partial charge in [0.05, 0.1) is 30.5 Å². The minimum Gasteiger partial charge on any atom is -0.465 e. The number of halogens is 4. The third kappa shape index (κ3) is 3.88. The van der Waals surface area contributed by atoms with E-state index in [0.29, 0.717) is 5.69 Å². The molecular weight excluding hydrogens is 425 g/mol. The van der Waals surface area contributed by atoms with Crippen molar-refractivity contribution in [2.24, 2.45) is 0 Å². The Balaban J connectivity index is 2.40. The number of alkyl halides is 3. The number of rotatable bonds is 4. The number of hydrogen-bond acceptors (Lipinski definition) is 5. The van der Waals surface area contributed by atoms with Gasteiger partial charge in [0.15, 0.2) is 5.69 Å². The first-order chi connectivity index (χ1) is 14.2. The summed E-state index contributed by atoms with van der Waals surface area (Å²) < 4.78 is 50.3. The molecule has 2 aromatic carbocycles. The molecule has 0 saturated heterocycles. The molecule has 0 amide bonds. The highest BCUT2D eigenvalue weighted by Gasteiger charge is 2.35. The molecule has 0 aliphatic rings. The van der Waals surface area contributed by atoms with E-state index in [1.165, 1.54) is 0 Å². The van der Waals surface area contributed by atoms with Crippen LogP contribution in [-0.2, 0) is 15.7 Å². The average Bonchev–Trinajstić information content (AvgIpc) is 3.13. The average molecular weight is 439 g/mol. The number of benzene rings is 2. The van der Waals surface area contributed by atoms with Crippen molar-refractivity contribution in [1.82, 2.24) is 9.78 Å². The second-order valence-corrected chi connectivity index (χ2v) is 6.40. The fourth-order valence-corrected chi connectivity index (χ4v) is 3.03. The van der Waals surface area contributed by atoms with Crippen molar-refractivity contribution >= 4 is 23.5 Å². The van der Waals surface area contributed by atoms with E-state index in [4.69, 9.17) is 21.1 Å². The molecule has 0 atom stereocenters. The van der Waals surface area contributed by atoms with Gasteiger partial charge in [0, 0.05) is 5.56 Å². The number of para-hydroxylation sites is 1. The smallest absolute Gasteiger partial charge is 0.416 e. The van der Waals surface area contributed by atoms with Crippen molar-refractivity contribution in [1.29, 1.82) is 0 Å². The summed E-state index contributed by atoms with van der Waals surface area (Å²) in [5.41, 5.74) is -1.73. The van der Waals surface area contributed by atoms with Crippen molar-refractivity contribution < 1.29 is 32.2 Å². The van der Waals surface area contributed by atoms with E-state index in [0.717, 1.165) is 37.1 Å². The molecule has 0 radical (unpaired) electrons. The molecule has 3 aromatic rings. The van der Waals surface area contributed by atoms with Gasteiger partial charge in [0.25, 0.3) is 0 Å². The first-order valence-corrected chi connectivity index (χ1v) is 8.79. The lowest BCUT2D eigenvalue weighted by Gasteiger charge is -2.10. The number of aromatic nitrogens is 2. The third-order valence-electron chi connectivity index (χ3n) is 4.20. The maximum absolute atomic E-state index is 13.2. The highest BCUT2D eigenvalue weighted by molar-refractivity contribution is 6.33. The van der Waals surface area contributed by atoms with Crippen LogP contribution in [0.1, 0.15) is 26.4 Å². The van der Waals surface area contributed by atoms with Gasteiger partial charge in [0.1, 0.15) is 11.3 Å². The zero-order chi connectivity index (χ0) is 22.1. The zero-order valence-corrected chi connectivity index (χ0v) is 16.4. The number of esters is 2. The van der Waals surface area contributed by atoms with Crippen LogP contribution >= 0.6 is 11.6 Å². The van der Waals surface area contributed by atoms with Crippen molar-refractivity contribution in [3.63, 3.8) is 0 Å². The second-order valence-electron chi connectivity index (χ2n) is 6.00. The van der Waals surface area contributed by atoms with Gasteiger partial charge in [-0.25, -0.2) is 14.3 Å². The molecule has 0 bridgehead atoms. The standard InChI is InChI=1S/C20H14ClF3N2O4/c1-29-18(27)15-16(13-10-11(20(22,23)24)8-9-14(13)21)25-26(17(15)19(28)30-2)12-6-4-3-5-7-12/h3-10H,1-2H3. The Morgan fingerprint density at radius 1 is 1.00 bits per heavy atom. The van der Waals surface area contributed by atoms with E-state index in [1.807, 2.05) is 0 Å². The zero-order valence-electron chi connectivity index (χ0n) is 15.7. The van der Waals surface area contributed by atoms with Crippen LogP contribution in [0.15, 0.2) is 48.5 Å². The van der Waals surface area contributed by atoms with Gasteiger partial charge >= 0.3 is 18.1 Å². The summed E-state index contributed by atoms with van der Waals surface area (Å²) in [6.07, 6.45) is -4.65. The summed E-state index contributed by atoms with van der Waals surface area (Å²) in [6, 6.07) is 10.8. The van der Waals surface area contributed by atoms with Gasteiger partial charge in [-0.1, -0.05) is 29.8 Å². The highest BCUT2D eigenvalue weighted by atomic mass is 35.5. The maximum atomic E-state index is 13.2. The van der Waals surface area contributed by atoms with Crippen molar-refractivity contribution in [3.05, 3.63) is 70.4 Å². The Labute approximate surface area is 173 Å². The summed E-state index contributed by atoms with van der Waals surface area (Å²) in [7, 11) is 2.17. The third-order valence-corrected chi connectivity index (χ3v) is 4.53. The molecule has 0 aliphatic heterocycles. The van der Waals surface area contributed by atoms with Crippen LogP contribution in [0.25, 0.3) is 16.9 Å². The molecular formula is C20H14ClF3N2O4. The molecule has 0 aliphatic carbocycles. The molecule has 0 unspecified atom stereocenters. The predicted molar refractivity (Wildman–Crippen MR) is 102 cm³/mol. The fraction of sp³-hybridized carbons (Fsp3) is 0.150. The second kappa shape index (κ2) is 8.19. The number of ether oxygens (including phenoxy) is 2. The molecule has 1 heterocycles. The number of carbonyl (C=O) groups is 2. The van der Waals surface area contributed by atoms with E-state index >= 15 is 0 Å². The number of carbonyl (C=O) groups excluding carboxylic acids is 2. The Morgan fingerprint density at radius 3 is 2.20 bits per heavy atom. The number of hydrogen-bond donors (Lipinski definition) is 0. The molecule has 3 rings (SSSR count).